The number of amides is 1. The van der Waals surface area contributed by atoms with Gasteiger partial charge in [-0.25, -0.2) is 0 Å². The minimum atomic E-state index is -1.07. The van der Waals surface area contributed by atoms with Crippen molar-refractivity contribution in [2.24, 2.45) is 0 Å². The van der Waals surface area contributed by atoms with Crippen LogP contribution in [0, 0.1) is 0 Å². The molecule has 1 unspecified atom stereocenters. The SMILES string of the molecule is CC/C=C\C/C=C\C/C=C\C/C=C\C/C=C\C(CCCCC(=O)NCC(=O)O)OC(=O)CC/C=C\C/C=C\C/C=C\C/C=C\CC. The van der Waals surface area contributed by atoms with Crippen LogP contribution >= 0.6 is 0 Å². The maximum absolute atomic E-state index is 12.5. The number of allylic oxidation sites excluding steroid dienone is 17. The number of carbonyl (C=O) groups excluding carboxylic acids is 2. The lowest BCUT2D eigenvalue weighted by Crippen LogP contribution is -2.28. The first-order valence-corrected chi connectivity index (χ1v) is 17.0. The standard InChI is InChI=1S/C40H59NO5/c1-3-5-7-9-11-13-15-17-19-20-22-24-26-28-32-37(33-30-31-34-38(42)41-36-39(43)44)46-40(45)35-29-27-25-23-21-18-16-14-12-10-8-6-4-2/h5-8,11-14,17-19,21-22,24-25,27-28,32,37H,3-4,9-10,15-16,20,23,26,29-31,33-36H2,1-2H3,(H,41,42)(H,43,44)/b7-5-,8-6-,13-11-,14-12-,19-17-,21-18-,24-22-,27-25-,32-28-. The third-order valence-electron chi connectivity index (χ3n) is 6.44. The van der Waals surface area contributed by atoms with E-state index in [2.05, 4.69) is 110 Å². The fraction of sp³-hybridized carbons (Fsp3) is 0.475. The summed E-state index contributed by atoms with van der Waals surface area (Å²) >= 11 is 0. The first kappa shape index (κ1) is 42.1. The quantitative estimate of drug-likeness (QED) is 0.0508. The first-order chi connectivity index (χ1) is 22.5. The van der Waals surface area contributed by atoms with Crippen molar-refractivity contribution in [1.29, 1.82) is 0 Å². The highest BCUT2D eigenvalue weighted by atomic mass is 16.5. The maximum Gasteiger partial charge on any atom is 0.322 e. The van der Waals surface area contributed by atoms with E-state index in [-0.39, 0.29) is 30.9 Å². The van der Waals surface area contributed by atoms with E-state index in [4.69, 9.17) is 9.84 Å². The molecule has 0 radical (unpaired) electrons. The molecular formula is C40H59NO5. The van der Waals surface area contributed by atoms with Crippen LogP contribution in [0.15, 0.2) is 109 Å². The highest BCUT2D eigenvalue weighted by Crippen LogP contribution is 2.11. The van der Waals surface area contributed by atoms with Crippen molar-refractivity contribution in [2.75, 3.05) is 6.54 Å². The highest BCUT2D eigenvalue weighted by Gasteiger charge is 2.12. The van der Waals surface area contributed by atoms with Gasteiger partial charge in [0, 0.05) is 12.8 Å². The Morgan fingerprint density at radius 3 is 1.48 bits per heavy atom. The van der Waals surface area contributed by atoms with Crippen molar-refractivity contribution < 1.29 is 24.2 Å². The van der Waals surface area contributed by atoms with Crippen molar-refractivity contribution in [3.05, 3.63) is 109 Å². The second kappa shape index (κ2) is 34.0. The van der Waals surface area contributed by atoms with Gasteiger partial charge in [-0.15, -0.1) is 0 Å². The molecule has 0 saturated heterocycles. The zero-order valence-electron chi connectivity index (χ0n) is 28.4. The molecule has 0 aromatic carbocycles. The van der Waals surface area contributed by atoms with E-state index in [1.165, 1.54) is 0 Å². The van der Waals surface area contributed by atoms with Gasteiger partial charge in [-0.1, -0.05) is 117 Å². The summed E-state index contributed by atoms with van der Waals surface area (Å²) in [4.78, 5) is 34.9. The van der Waals surface area contributed by atoms with Gasteiger partial charge in [-0.2, -0.15) is 0 Å². The van der Waals surface area contributed by atoms with E-state index in [9.17, 15) is 14.4 Å². The van der Waals surface area contributed by atoms with Crippen molar-refractivity contribution in [2.45, 2.75) is 116 Å². The molecule has 0 spiro atoms. The Bertz CT molecular complexity index is 1060. The van der Waals surface area contributed by atoms with Crippen LogP contribution in [-0.2, 0) is 19.1 Å². The zero-order valence-corrected chi connectivity index (χ0v) is 28.4. The Hall–Kier alpha value is -3.93. The maximum atomic E-state index is 12.5. The van der Waals surface area contributed by atoms with Crippen LogP contribution in [0.2, 0.25) is 0 Å². The molecular weight excluding hydrogens is 574 g/mol. The Balaban J connectivity index is 4.57. The largest absolute Gasteiger partial charge is 0.480 e. The molecule has 0 bridgehead atoms. The zero-order chi connectivity index (χ0) is 33.8. The van der Waals surface area contributed by atoms with E-state index in [0.717, 1.165) is 57.8 Å². The number of carboxylic acid groups (broad SMARTS) is 1. The predicted molar refractivity (Wildman–Crippen MR) is 193 cm³/mol. The van der Waals surface area contributed by atoms with Crippen LogP contribution in [0.3, 0.4) is 0 Å². The van der Waals surface area contributed by atoms with Crippen molar-refractivity contribution >= 4 is 17.8 Å². The first-order valence-electron chi connectivity index (χ1n) is 17.0. The van der Waals surface area contributed by atoms with Crippen LogP contribution in [0.4, 0.5) is 0 Å². The Labute approximate surface area is 279 Å². The lowest BCUT2D eigenvalue weighted by molar-refractivity contribution is -0.147. The topological polar surface area (TPSA) is 92.7 Å². The van der Waals surface area contributed by atoms with Crippen LogP contribution in [0.1, 0.15) is 110 Å². The van der Waals surface area contributed by atoms with Gasteiger partial charge in [0.05, 0.1) is 0 Å². The monoisotopic (exact) mass is 633 g/mol. The number of hydrogen-bond donors (Lipinski definition) is 2. The molecule has 0 aromatic heterocycles. The Kier molecular flexibility index (Phi) is 31.1. The van der Waals surface area contributed by atoms with Gasteiger partial charge in [-0.05, 0) is 89.5 Å². The number of aliphatic carboxylic acids is 1. The fourth-order valence-corrected chi connectivity index (χ4v) is 4.00. The molecule has 0 rings (SSSR count). The minimum Gasteiger partial charge on any atom is -0.480 e. The van der Waals surface area contributed by atoms with Gasteiger partial charge in [0.15, 0.2) is 0 Å². The molecule has 6 heteroatoms. The highest BCUT2D eigenvalue weighted by molar-refractivity contribution is 5.80. The number of hydrogen-bond acceptors (Lipinski definition) is 4. The van der Waals surface area contributed by atoms with Gasteiger partial charge >= 0.3 is 11.9 Å². The summed E-state index contributed by atoms with van der Waals surface area (Å²) in [6, 6.07) is 0. The molecule has 0 fully saturated rings. The fourth-order valence-electron chi connectivity index (χ4n) is 4.00. The molecule has 0 aliphatic heterocycles. The molecule has 6 nitrogen and oxygen atoms in total. The normalized spacial score (nSPS) is 13.4. The van der Waals surface area contributed by atoms with E-state index < -0.39 is 5.97 Å². The van der Waals surface area contributed by atoms with Crippen molar-refractivity contribution in [3.63, 3.8) is 0 Å². The summed E-state index contributed by atoms with van der Waals surface area (Å²) in [6.45, 7) is 3.89. The molecule has 0 aliphatic carbocycles. The number of carboxylic acids is 1. The number of ether oxygens (including phenoxy) is 1. The summed E-state index contributed by atoms with van der Waals surface area (Å²) in [6.07, 6.45) is 49.3. The van der Waals surface area contributed by atoms with Gasteiger partial charge < -0.3 is 15.2 Å². The third kappa shape index (κ3) is 33.0. The van der Waals surface area contributed by atoms with Gasteiger partial charge in [0.1, 0.15) is 12.6 Å². The van der Waals surface area contributed by atoms with Gasteiger partial charge in [-0.3, -0.25) is 14.4 Å². The second-order valence-corrected chi connectivity index (χ2v) is 10.6. The number of unbranched alkanes of at least 4 members (excludes halogenated alkanes) is 1. The number of nitrogens with one attached hydrogen (secondary N) is 1. The molecule has 2 N–H and O–H groups in total. The Morgan fingerprint density at radius 2 is 1.02 bits per heavy atom. The molecule has 0 aliphatic rings. The Morgan fingerprint density at radius 1 is 0.587 bits per heavy atom. The van der Waals surface area contributed by atoms with Crippen LogP contribution in [0.25, 0.3) is 0 Å². The molecule has 0 heterocycles. The van der Waals surface area contributed by atoms with Gasteiger partial charge in [0.2, 0.25) is 5.91 Å². The minimum absolute atomic E-state index is 0.242. The van der Waals surface area contributed by atoms with E-state index in [0.29, 0.717) is 32.1 Å². The summed E-state index contributed by atoms with van der Waals surface area (Å²) in [5, 5.41) is 11.1. The average Bonchev–Trinajstić information content (AvgIpc) is 3.04. The molecule has 0 aromatic rings. The number of carbonyl (C=O) groups is 3. The van der Waals surface area contributed by atoms with Crippen LogP contribution < -0.4 is 5.32 Å². The lowest BCUT2D eigenvalue weighted by atomic mass is 10.1. The lowest BCUT2D eigenvalue weighted by Gasteiger charge is -2.14. The average molecular weight is 634 g/mol. The number of esters is 1. The molecule has 254 valence electrons. The molecule has 1 amide bonds. The van der Waals surface area contributed by atoms with E-state index in [1.807, 2.05) is 18.2 Å². The van der Waals surface area contributed by atoms with Gasteiger partial charge in [0.25, 0.3) is 0 Å². The third-order valence-corrected chi connectivity index (χ3v) is 6.44. The summed E-state index contributed by atoms with van der Waals surface area (Å²) < 4.78 is 5.75. The van der Waals surface area contributed by atoms with E-state index >= 15 is 0 Å². The smallest absolute Gasteiger partial charge is 0.322 e. The molecule has 1 atom stereocenters. The number of rotatable bonds is 28. The predicted octanol–water partition coefficient (Wildman–Crippen LogP) is 10.00. The second-order valence-electron chi connectivity index (χ2n) is 10.6. The van der Waals surface area contributed by atoms with Crippen molar-refractivity contribution in [1.82, 2.24) is 5.32 Å². The summed E-state index contributed by atoms with van der Waals surface area (Å²) in [5.74, 6) is -1.60. The molecule has 46 heavy (non-hydrogen) atoms. The van der Waals surface area contributed by atoms with Crippen LogP contribution in [-0.4, -0.2) is 35.6 Å². The summed E-state index contributed by atoms with van der Waals surface area (Å²) in [5.41, 5.74) is 0. The van der Waals surface area contributed by atoms with Crippen LogP contribution in [0.5, 0.6) is 0 Å². The summed E-state index contributed by atoms with van der Waals surface area (Å²) in [7, 11) is 0. The van der Waals surface area contributed by atoms with E-state index in [1.54, 1.807) is 0 Å². The molecule has 0 saturated carbocycles. The van der Waals surface area contributed by atoms with Crippen molar-refractivity contribution in [3.8, 4) is 0 Å².